The molecular formula is C13H11NO3S. The van der Waals surface area contributed by atoms with Gasteiger partial charge < -0.3 is 5.11 Å². The number of aromatic nitrogens is 1. The zero-order valence-corrected chi connectivity index (χ0v) is 10.7. The molecule has 0 spiro atoms. The molecule has 1 aromatic heterocycles. The van der Waals surface area contributed by atoms with Crippen LogP contribution in [0.3, 0.4) is 0 Å². The average Bonchev–Trinajstić information content (AvgIpc) is 2.75. The monoisotopic (exact) mass is 261 g/mol. The predicted octanol–water partition coefficient (Wildman–Crippen LogP) is 3.02. The van der Waals surface area contributed by atoms with Crippen LogP contribution in [0.5, 0.6) is 0 Å². The Kier molecular flexibility index (Phi) is 3.25. The molecule has 4 nitrogen and oxygen atoms in total. The van der Waals surface area contributed by atoms with E-state index < -0.39 is 5.97 Å². The highest BCUT2D eigenvalue weighted by Crippen LogP contribution is 2.28. The van der Waals surface area contributed by atoms with Gasteiger partial charge in [0, 0.05) is 12.5 Å². The quantitative estimate of drug-likeness (QED) is 0.862. The van der Waals surface area contributed by atoms with Crippen LogP contribution in [0.15, 0.2) is 24.3 Å². The van der Waals surface area contributed by atoms with E-state index in [2.05, 4.69) is 4.98 Å². The lowest BCUT2D eigenvalue weighted by molar-refractivity contribution is 0.0697. The molecule has 2 aromatic rings. The van der Waals surface area contributed by atoms with Gasteiger partial charge in [-0.1, -0.05) is 29.8 Å². The Morgan fingerprint density at radius 1 is 1.22 bits per heavy atom. The fraction of sp³-hybridized carbons (Fsp3) is 0.154. The van der Waals surface area contributed by atoms with Crippen LogP contribution in [0, 0.1) is 6.92 Å². The molecule has 1 heterocycles. The summed E-state index contributed by atoms with van der Waals surface area (Å²) in [6.45, 7) is 3.29. The van der Waals surface area contributed by atoms with Gasteiger partial charge in [0.05, 0.1) is 0 Å². The number of thiazole rings is 1. The lowest BCUT2D eigenvalue weighted by Gasteiger charge is -1.96. The molecule has 0 radical (unpaired) electrons. The van der Waals surface area contributed by atoms with E-state index in [9.17, 15) is 9.59 Å². The maximum atomic E-state index is 11.4. The van der Waals surface area contributed by atoms with E-state index in [0.717, 1.165) is 22.5 Å². The summed E-state index contributed by atoms with van der Waals surface area (Å²) >= 11 is 1.02. The summed E-state index contributed by atoms with van der Waals surface area (Å²) in [6.07, 6.45) is 0. The van der Waals surface area contributed by atoms with E-state index in [0.29, 0.717) is 5.01 Å². The zero-order chi connectivity index (χ0) is 13.3. The van der Waals surface area contributed by atoms with Gasteiger partial charge in [-0.3, -0.25) is 4.79 Å². The fourth-order valence-corrected chi connectivity index (χ4v) is 2.48. The van der Waals surface area contributed by atoms with Gasteiger partial charge in [-0.2, -0.15) is 0 Å². The van der Waals surface area contributed by atoms with Crippen molar-refractivity contribution < 1.29 is 14.7 Å². The number of hydrogen-bond donors (Lipinski definition) is 1. The molecule has 92 valence electrons. The molecule has 0 amide bonds. The minimum atomic E-state index is -1.11. The molecule has 0 aliphatic rings. The molecule has 1 aromatic carbocycles. The Bertz CT molecular complexity index is 582. The maximum Gasteiger partial charge on any atom is 0.348 e. The highest BCUT2D eigenvalue weighted by molar-refractivity contribution is 7.17. The molecule has 0 unspecified atom stereocenters. The number of carboxylic acid groups (broad SMARTS) is 1. The van der Waals surface area contributed by atoms with Crippen LogP contribution < -0.4 is 0 Å². The van der Waals surface area contributed by atoms with Gasteiger partial charge in [0.15, 0.2) is 5.78 Å². The van der Waals surface area contributed by atoms with E-state index in [1.54, 1.807) is 0 Å². The summed E-state index contributed by atoms with van der Waals surface area (Å²) < 4.78 is 0. The number of carbonyl (C=O) groups excluding carboxylic acids is 1. The molecule has 0 bridgehead atoms. The first kappa shape index (κ1) is 12.4. The Morgan fingerprint density at radius 3 is 2.28 bits per heavy atom. The SMILES string of the molecule is CC(=O)c1nc(-c2ccc(C)cc2)sc1C(=O)O. The summed E-state index contributed by atoms with van der Waals surface area (Å²) in [5, 5.41) is 9.59. The zero-order valence-electron chi connectivity index (χ0n) is 9.93. The third-order valence-corrected chi connectivity index (χ3v) is 3.55. The van der Waals surface area contributed by atoms with Gasteiger partial charge in [-0.25, -0.2) is 9.78 Å². The van der Waals surface area contributed by atoms with Gasteiger partial charge in [0.1, 0.15) is 15.6 Å². The molecule has 18 heavy (non-hydrogen) atoms. The van der Waals surface area contributed by atoms with Gasteiger partial charge in [0.2, 0.25) is 0 Å². The largest absolute Gasteiger partial charge is 0.477 e. The van der Waals surface area contributed by atoms with Crippen LogP contribution in [0.4, 0.5) is 0 Å². The highest BCUT2D eigenvalue weighted by atomic mass is 32.1. The summed E-state index contributed by atoms with van der Waals surface area (Å²) in [6, 6.07) is 7.57. The third-order valence-electron chi connectivity index (χ3n) is 2.45. The van der Waals surface area contributed by atoms with Gasteiger partial charge in [-0.15, -0.1) is 11.3 Å². The summed E-state index contributed by atoms with van der Waals surface area (Å²) in [5.41, 5.74) is 1.96. The van der Waals surface area contributed by atoms with Crippen LogP contribution in [0.1, 0.15) is 32.6 Å². The molecule has 2 rings (SSSR count). The number of nitrogens with zero attached hydrogens (tertiary/aromatic N) is 1. The number of carboxylic acids is 1. The van der Waals surface area contributed by atoms with Crippen molar-refractivity contribution in [3.05, 3.63) is 40.4 Å². The lowest BCUT2D eigenvalue weighted by atomic mass is 10.2. The molecule has 0 fully saturated rings. The van der Waals surface area contributed by atoms with E-state index >= 15 is 0 Å². The van der Waals surface area contributed by atoms with Crippen LogP contribution in [0.25, 0.3) is 10.6 Å². The topological polar surface area (TPSA) is 67.3 Å². The third kappa shape index (κ3) is 2.31. The van der Waals surface area contributed by atoms with Crippen LogP contribution in [-0.4, -0.2) is 21.8 Å². The molecule has 1 N–H and O–H groups in total. The lowest BCUT2D eigenvalue weighted by Crippen LogP contribution is -2.02. The van der Waals surface area contributed by atoms with E-state index in [-0.39, 0.29) is 16.4 Å². The van der Waals surface area contributed by atoms with Crippen molar-refractivity contribution in [2.24, 2.45) is 0 Å². The molecule has 0 atom stereocenters. The van der Waals surface area contributed by atoms with E-state index in [1.807, 2.05) is 31.2 Å². The Balaban J connectivity index is 2.53. The Hall–Kier alpha value is -2.01. The van der Waals surface area contributed by atoms with Crippen molar-refractivity contribution in [1.29, 1.82) is 0 Å². The van der Waals surface area contributed by atoms with Crippen molar-refractivity contribution in [1.82, 2.24) is 4.98 Å². The van der Waals surface area contributed by atoms with Crippen molar-refractivity contribution in [3.8, 4) is 10.6 Å². The number of rotatable bonds is 3. The molecule has 0 aliphatic carbocycles. The second kappa shape index (κ2) is 4.70. The molecule has 5 heteroatoms. The van der Waals surface area contributed by atoms with Crippen LogP contribution in [0.2, 0.25) is 0 Å². The van der Waals surface area contributed by atoms with Gasteiger partial charge >= 0.3 is 5.97 Å². The number of benzene rings is 1. The standard InChI is InChI=1S/C13H11NO3S/c1-7-3-5-9(6-4-7)12-14-10(8(2)15)11(18-12)13(16)17/h3-6H,1-2H3,(H,16,17). The molecule has 0 aliphatic heterocycles. The number of ketones is 1. The average molecular weight is 261 g/mol. The van der Waals surface area contributed by atoms with Crippen LogP contribution in [-0.2, 0) is 0 Å². The Morgan fingerprint density at radius 2 is 1.83 bits per heavy atom. The summed E-state index contributed by atoms with van der Waals surface area (Å²) in [4.78, 5) is 26.5. The maximum absolute atomic E-state index is 11.4. The first-order chi connectivity index (χ1) is 8.49. The normalized spacial score (nSPS) is 10.3. The number of hydrogen-bond acceptors (Lipinski definition) is 4. The Labute approximate surface area is 108 Å². The van der Waals surface area contributed by atoms with Gasteiger partial charge in [0.25, 0.3) is 0 Å². The first-order valence-corrected chi connectivity index (χ1v) is 6.13. The number of carbonyl (C=O) groups is 2. The first-order valence-electron chi connectivity index (χ1n) is 5.31. The minimum absolute atomic E-state index is 0.00178. The summed E-state index contributed by atoms with van der Waals surface area (Å²) in [5.74, 6) is -1.45. The highest BCUT2D eigenvalue weighted by Gasteiger charge is 2.20. The van der Waals surface area contributed by atoms with Crippen LogP contribution >= 0.6 is 11.3 Å². The molecule has 0 saturated carbocycles. The second-order valence-corrected chi connectivity index (χ2v) is 4.92. The van der Waals surface area contributed by atoms with Gasteiger partial charge in [-0.05, 0) is 6.92 Å². The van der Waals surface area contributed by atoms with Crippen molar-refractivity contribution >= 4 is 23.1 Å². The summed E-state index contributed by atoms with van der Waals surface area (Å²) in [7, 11) is 0. The number of aryl methyl sites for hydroxylation is 1. The predicted molar refractivity (Wildman–Crippen MR) is 69.3 cm³/mol. The minimum Gasteiger partial charge on any atom is -0.477 e. The van der Waals surface area contributed by atoms with E-state index in [4.69, 9.17) is 5.11 Å². The van der Waals surface area contributed by atoms with E-state index in [1.165, 1.54) is 6.92 Å². The fourth-order valence-electron chi connectivity index (χ4n) is 1.52. The smallest absolute Gasteiger partial charge is 0.348 e. The second-order valence-electron chi connectivity index (χ2n) is 3.92. The number of aromatic carboxylic acids is 1. The number of Topliss-reactive ketones (excluding diaryl/α,β-unsaturated/α-hetero) is 1. The van der Waals surface area contributed by atoms with Crippen molar-refractivity contribution in [2.45, 2.75) is 13.8 Å². The van der Waals surface area contributed by atoms with Crippen molar-refractivity contribution in [2.75, 3.05) is 0 Å². The van der Waals surface area contributed by atoms with Crippen molar-refractivity contribution in [3.63, 3.8) is 0 Å². The molecule has 0 saturated heterocycles. The molecular weight excluding hydrogens is 250 g/mol.